The molecular weight excluding hydrogens is 265 g/mol. The van der Waals surface area contributed by atoms with Crippen LogP contribution in [0.1, 0.15) is 12.7 Å². The molecule has 0 saturated heterocycles. The average Bonchev–Trinajstić information content (AvgIpc) is 2.87. The van der Waals surface area contributed by atoms with Gasteiger partial charge < -0.3 is 9.88 Å². The van der Waals surface area contributed by atoms with Crippen LogP contribution in [0.25, 0.3) is 11.0 Å². The minimum Gasteiger partial charge on any atom is -0.381 e. The van der Waals surface area contributed by atoms with Crippen molar-refractivity contribution in [1.29, 1.82) is 0 Å². The highest BCUT2D eigenvalue weighted by atomic mass is 19.1. The maximum atomic E-state index is 13.6. The van der Waals surface area contributed by atoms with Crippen molar-refractivity contribution >= 4 is 16.7 Å². The number of nitrogens with one attached hydrogen (secondary N) is 1. The van der Waals surface area contributed by atoms with Gasteiger partial charge in [-0.2, -0.15) is 0 Å². The maximum Gasteiger partial charge on any atom is 0.146 e. The summed E-state index contributed by atoms with van der Waals surface area (Å²) in [5.74, 6) is 0.843. The van der Waals surface area contributed by atoms with E-state index in [1.807, 2.05) is 24.3 Å². The van der Waals surface area contributed by atoms with Gasteiger partial charge >= 0.3 is 0 Å². The molecule has 0 aliphatic carbocycles. The van der Waals surface area contributed by atoms with Crippen LogP contribution >= 0.6 is 0 Å². The Morgan fingerprint density at radius 3 is 2.67 bits per heavy atom. The highest BCUT2D eigenvalue weighted by Gasteiger charge is 2.08. The molecule has 0 aliphatic heterocycles. The lowest BCUT2D eigenvalue weighted by Gasteiger charge is -2.11. The number of aromatic nitrogens is 2. The summed E-state index contributed by atoms with van der Waals surface area (Å²) >= 11 is 0. The molecule has 1 aromatic heterocycles. The number of para-hydroxylation sites is 3. The van der Waals surface area contributed by atoms with E-state index in [0.717, 1.165) is 29.8 Å². The number of hydrogen-bond acceptors (Lipinski definition) is 2. The second-order valence-corrected chi connectivity index (χ2v) is 4.93. The molecular formula is C17H18FN3. The second kappa shape index (κ2) is 5.95. The van der Waals surface area contributed by atoms with Crippen LogP contribution in [0.5, 0.6) is 0 Å². The lowest BCUT2D eigenvalue weighted by atomic mass is 10.3. The summed E-state index contributed by atoms with van der Waals surface area (Å²) in [6, 6.07) is 14.9. The fourth-order valence-electron chi connectivity index (χ4n) is 2.55. The minimum absolute atomic E-state index is 0.219. The molecule has 0 fully saturated rings. The van der Waals surface area contributed by atoms with E-state index < -0.39 is 0 Å². The van der Waals surface area contributed by atoms with Crippen molar-refractivity contribution in [3.05, 3.63) is 60.2 Å². The van der Waals surface area contributed by atoms with Gasteiger partial charge in [-0.15, -0.1) is 0 Å². The zero-order valence-corrected chi connectivity index (χ0v) is 12.0. The third-order valence-electron chi connectivity index (χ3n) is 3.57. The van der Waals surface area contributed by atoms with Gasteiger partial charge in [-0.05, 0) is 24.3 Å². The summed E-state index contributed by atoms with van der Waals surface area (Å²) < 4.78 is 15.8. The van der Waals surface area contributed by atoms with Crippen LogP contribution in [0.3, 0.4) is 0 Å². The Balaban J connectivity index is 1.77. The standard InChI is InChI=1S/C17H18FN3/c1-2-17-20-15-9-5-6-10-16(15)21(17)12-11-19-14-8-4-3-7-13(14)18/h3-10,19H,2,11-12H2,1H3. The van der Waals surface area contributed by atoms with E-state index in [1.165, 1.54) is 6.07 Å². The summed E-state index contributed by atoms with van der Waals surface area (Å²) in [6.45, 7) is 3.52. The molecule has 0 amide bonds. The third-order valence-corrected chi connectivity index (χ3v) is 3.57. The van der Waals surface area contributed by atoms with E-state index in [4.69, 9.17) is 0 Å². The molecule has 0 bridgehead atoms. The van der Waals surface area contributed by atoms with E-state index in [2.05, 4.69) is 27.9 Å². The Morgan fingerprint density at radius 2 is 1.86 bits per heavy atom. The first kappa shape index (κ1) is 13.6. The molecule has 0 aliphatic rings. The van der Waals surface area contributed by atoms with Crippen molar-refractivity contribution in [1.82, 2.24) is 9.55 Å². The molecule has 0 unspecified atom stereocenters. The van der Waals surface area contributed by atoms with Crippen LogP contribution < -0.4 is 5.32 Å². The van der Waals surface area contributed by atoms with Crippen LogP contribution in [0, 0.1) is 5.82 Å². The Morgan fingerprint density at radius 1 is 1.10 bits per heavy atom. The van der Waals surface area contributed by atoms with Gasteiger partial charge in [0.05, 0.1) is 16.7 Å². The number of nitrogens with zero attached hydrogens (tertiary/aromatic N) is 2. The zero-order chi connectivity index (χ0) is 14.7. The van der Waals surface area contributed by atoms with E-state index in [1.54, 1.807) is 12.1 Å². The molecule has 108 valence electrons. The molecule has 0 atom stereocenters. The quantitative estimate of drug-likeness (QED) is 0.770. The zero-order valence-electron chi connectivity index (χ0n) is 12.0. The van der Waals surface area contributed by atoms with Crippen molar-refractivity contribution < 1.29 is 4.39 Å². The predicted molar refractivity (Wildman–Crippen MR) is 84.0 cm³/mol. The normalized spacial score (nSPS) is 11.0. The maximum absolute atomic E-state index is 13.6. The van der Waals surface area contributed by atoms with Gasteiger partial charge in [0, 0.05) is 19.5 Å². The molecule has 0 saturated carbocycles. The fourth-order valence-corrected chi connectivity index (χ4v) is 2.55. The van der Waals surface area contributed by atoms with E-state index >= 15 is 0 Å². The summed E-state index contributed by atoms with van der Waals surface area (Å²) in [4.78, 5) is 4.64. The summed E-state index contributed by atoms with van der Waals surface area (Å²) in [5.41, 5.74) is 2.69. The summed E-state index contributed by atoms with van der Waals surface area (Å²) in [5, 5.41) is 3.14. The monoisotopic (exact) mass is 283 g/mol. The number of aryl methyl sites for hydroxylation is 1. The Hall–Kier alpha value is -2.36. The van der Waals surface area contributed by atoms with Crippen LogP contribution in [0.15, 0.2) is 48.5 Å². The molecule has 1 N–H and O–H groups in total. The topological polar surface area (TPSA) is 29.9 Å². The first-order valence-corrected chi connectivity index (χ1v) is 7.22. The first-order chi connectivity index (χ1) is 10.3. The highest BCUT2D eigenvalue weighted by Crippen LogP contribution is 2.17. The summed E-state index contributed by atoms with van der Waals surface area (Å²) in [6.07, 6.45) is 0.883. The van der Waals surface area contributed by atoms with E-state index in [-0.39, 0.29) is 5.82 Å². The lowest BCUT2D eigenvalue weighted by Crippen LogP contribution is -2.13. The molecule has 4 heteroatoms. The van der Waals surface area contributed by atoms with Gasteiger partial charge in [-0.25, -0.2) is 9.37 Å². The Kier molecular flexibility index (Phi) is 3.86. The van der Waals surface area contributed by atoms with Gasteiger partial charge in [-0.3, -0.25) is 0 Å². The molecule has 0 radical (unpaired) electrons. The lowest BCUT2D eigenvalue weighted by molar-refractivity contribution is 0.627. The first-order valence-electron chi connectivity index (χ1n) is 7.22. The number of hydrogen-bond donors (Lipinski definition) is 1. The number of benzene rings is 2. The molecule has 0 spiro atoms. The molecule has 3 nitrogen and oxygen atoms in total. The van der Waals surface area contributed by atoms with Crippen molar-refractivity contribution in [3.8, 4) is 0 Å². The van der Waals surface area contributed by atoms with Gasteiger partial charge in [-0.1, -0.05) is 31.2 Å². The van der Waals surface area contributed by atoms with E-state index in [0.29, 0.717) is 12.2 Å². The van der Waals surface area contributed by atoms with Gasteiger partial charge in [0.15, 0.2) is 0 Å². The molecule has 3 aromatic rings. The minimum atomic E-state index is -0.219. The van der Waals surface area contributed by atoms with Crippen LogP contribution in [-0.2, 0) is 13.0 Å². The predicted octanol–water partition coefficient (Wildman–Crippen LogP) is 3.85. The summed E-state index contributed by atoms with van der Waals surface area (Å²) in [7, 11) is 0. The number of imidazole rings is 1. The Bertz CT molecular complexity index is 749. The van der Waals surface area contributed by atoms with Crippen LogP contribution in [0.2, 0.25) is 0 Å². The average molecular weight is 283 g/mol. The Labute approximate surface area is 123 Å². The fraction of sp³-hybridized carbons (Fsp3) is 0.235. The largest absolute Gasteiger partial charge is 0.381 e. The highest BCUT2D eigenvalue weighted by molar-refractivity contribution is 5.75. The molecule has 3 rings (SSSR count). The number of fused-ring (bicyclic) bond motifs is 1. The van der Waals surface area contributed by atoms with E-state index in [9.17, 15) is 4.39 Å². The van der Waals surface area contributed by atoms with Crippen molar-refractivity contribution in [2.45, 2.75) is 19.9 Å². The molecule has 1 heterocycles. The van der Waals surface area contributed by atoms with Gasteiger partial charge in [0.2, 0.25) is 0 Å². The van der Waals surface area contributed by atoms with Crippen molar-refractivity contribution in [3.63, 3.8) is 0 Å². The number of halogens is 1. The second-order valence-electron chi connectivity index (χ2n) is 4.93. The van der Waals surface area contributed by atoms with Crippen LogP contribution in [0.4, 0.5) is 10.1 Å². The van der Waals surface area contributed by atoms with Crippen LogP contribution in [-0.4, -0.2) is 16.1 Å². The number of anilines is 1. The third kappa shape index (κ3) is 2.75. The van der Waals surface area contributed by atoms with Crippen molar-refractivity contribution in [2.24, 2.45) is 0 Å². The molecule has 2 aromatic carbocycles. The molecule has 21 heavy (non-hydrogen) atoms. The number of rotatable bonds is 5. The smallest absolute Gasteiger partial charge is 0.146 e. The SMILES string of the molecule is CCc1nc2ccccc2n1CCNc1ccccc1F. The van der Waals surface area contributed by atoms with Crippen molar-refractivity contribution in [2.75, 3.05) is 11.9 Å². The van der Waals surface area contributed by atoms with Gasteiger partial charge in [0.1, 0.15) is 11.6 Å². The van der Waals surface area contributed by atoms with Gasteiger partial charge in [0.25, 0.3) is 0 Å².